The highest BCUT2D eigenvalue weighted by molar-refractivity contribution is 7.43. The van der Waals surface area contributed by atoms with Gasteiger partial charge in [0.1, 0.15) is 0 Å². The summed E-state index contributed by atoms with van der Waals surface area (Å²) in [7, 11) is -2.22. The summed E-state index contributed by atoms with van der Waals surface area (Å²) in [6.45, 7) is 22.7. The molecule has 0 aliphatic carbocycles. The molecule has 0 aromatic rings. The molecule has 104 valence electrons. The molecule has 0 aliphatic rings. The molecular formula is C15H36Si2. The smallest absolute Gasteiger partial charge is 0.0554 e. The minimum Gasteiger partial charge on any atom is -0.0680 e. The van der Waals surface area contributed by atoms with E-state index in [0.717, 1.165) is 16.6 Å². The van der Waals surface area contributed by atoms with Crippen molar-refractivity contribution in [3.63, 3.8) is 0 Å². The van der Waals surface area contributed by atoms with E-state index in [9.17, 15) is 0 Å². The van der Waals surface area contributed by atoms with Crippen LogP contribution in [0.2, 0.25) is 34.8 Å². The van der Waals surface area contributed by atoms with Gasteiger partial charge in [0.25, 0.3) is 0 Å². The third-order valence-electron chi connectivity index (χ3n) is 5.81. The molecule has 0 aromatic heterocycles. The van der Waals surface area contributed by atoms with Gasteiger partial charge < -0.3 is 0 Å². The Bertz CT molecular complexity index is 185. The zero-order valence-corrected chi connectivity index (χ0v) is 15.9. The molecule has 0 unspecified atom stereocenters. The topological polar surface area (TPSA) is 0 Å². The van der Waals surface area contributed by atoms with E-state index in [-0.39, 0.29) is 0 Å². The van der Waals surface area contributed by atoms with Gasteiger partial charge in [0.05, 0.1) is 7.59 Å². The van der Waals surface area contributed by atoms with Gasteiger partial charge in [0, 0.05) is 7.59 Å². The van der Waals surface area contributed by atoms with E-state index in [1.807, 2.05) is 0 Å². The highest BCUT2D eigenvalue weighted by Gasteiger charge is 2.56. The first kappa shape index (κ1) is 17.4. The van der Waals surface area contributed by atoms with Crippen molar-refractivity contribution in [2.45, 2.75) is 97.1 Å². The highest BCUT2D eigenvalue weighted by atomic mass is 29.3. The van der Waals surface area contributed by atoms with E-state index in [1.165, 1.54) is 18.1 Å². The van der Waals surface area contributed by atoms with Crippen LogP contribution in [0.25, 0.3) is 0 Å². The number of hydrogen-bond donors (Lipinski definition) is 0. The Morgan fingerprint density at radius 1 is 0.588 bits per heavy atom. The van der Waals surface area contributed by atoms with Gasteiger partial charge in [-0.1, -0.05) is 97.1 Å². The Kier molecular flexibility index (Phi) is 6.72. The first-order valence-electron chi connectivity index (χ1n) is 7.76. The van der Waals surface area contributed by atoms with Crippen molar-refractivity contribution in [3.05, 3.63) is 0 Å². The number of hydrogen-bond acceptors (Lipinski definition) is 0. The van der Waals surface area contributed by atoms with Crippen LogP contribution in [-0.4, -0.2) is 15.2 Å². The van der Waals surface area contributed by atoms with E-state index >= 15 is 0 Å². The molecular weight excluding hydrogens is 236 g/mol. The van der Waals surface area contributed by atoms with E-state index in [4.69, 9.17) is 0 Å². The van der Waals surface area contributed by atoms with E-state index in [2.05, 4.69) is 62.3 Å². The molecule has 0 rings (SSSR count). The molecule has 0 amide bonds. The monoisotopic (exact) mass is 272 g/mol. The first-order valence-corrected chi connectivity index (χ1v) is 13.6. The SMILES string of the molecule is CC[Si](CC)(CC)[Si](C(C)C)(C(C)C)C(C)C. The maximum atomic E-state index is 2.54. The second kappa shape index (κ2) is 6.56. The lowest BCUT2D eigenvalue weighted by Gasteiger charge is -2.56. The van der Waals surface area contributed by atoms with Crippen molar-refractivity contribution in [1.29, 1.82) is 0 Å². The molecule has 0 aromatic carbocycles. The Balaban J connectivity index is 5.88. The van der Waals surface area contributed by atoms with Crippen molar-refractivity contribution in [2.24, 2.45) is 0 Å². The Morgan fingerprint density at radius 3 is 0.882 bits per heavy atom. The van der Waals surface area contributed by atoms with Crippen molar-refractivity contribution in [2.75, 3.05) is 0 Å². The van der Waals surface area contributed by atoms with Gasteiger partial charge in [-0.2, -0.15) is 0 Å². The first-order chi connectivity index (χ1) is 7.76. The van der Waals surface area contributed by atoms with Gasteiger partial charge in [-0.15, -0.1) is 0 Å². The van der Waals surface area contributed by atoms with Gasteiger partial charge in [-0.25, -0.2) is 0 Å². The quantitative estimate of drug-likeness (QED) is 0.480. The molecule has 0 atom stereocenters. The molecule has 2 heteroatoms. The minimum atomic E-state index is -1.17. The normalized spacial score (nSPS) is 14.1. The van der Waals surface area contributed by atoms with Crippen LogP contribution in [0.15, 0.2) is 0 Å². The van der Waals surface area contributed by atoms with Crippen molar-refractivity contribution in [3.8, 4) is 0 Å². The van der Waals surface area contributed by atoms with Crippen molar-refractivity contribution < 1.29 is 0 Å². The molecule has 0 saturated carbocycles. The van der Waals surface area contributed by atoms with Gasteiger partial charge >= 0.3 is 0 Å². The van der Waals surface area contributed by atoms with Crippen molar-refractivity contribution >= 4 is 15.2 Å². The lowest BCUT2D eigenvalue weighted by molar-refractivity contribution is 0.834. The predicted octanol–water partition coefficient (Wildman–Crippen LogP) is 6.25. The average Bonchev–Trinajstić information content (AvgIpc) is 2.24. The fourth-order valence-corrected chi connectivity index (χ4v) is 33.1. The molecule has 0 bridgehead atoms. The van der Waals surface area contributed by atoms with Gasteiger partial charge in [-0.05, 0) is 0 Å². The summed E-state index contributed by atoms with van der Waals surface area (Å²) >= 11 is 0. The van der Waals surface area contributed by atoms with Crippen LogP contribution >= 0.6 is 0 Å². The van der Waals surface area contributed by atoms with Crippen LogP contribution in [0, 0.1) is 0 Å². The maximum absolute atomic E-state index is 2.54. The summed E-state index contributed by atoms with van der Waals surface area (Å²) in [4.78, 5) is 0. The van der Waals surface area contributed by atoms with Crippen LogP contribution in [0.5, 0.6) is 0 Å². The van der Waals surface area contributed by atoms with Crippen LogP contribution in [0.3, 0.4) is 0 Å². The summed E-state index contributed by atoms with van der Waals surface area (Å²) in [5.41, 5.74) is 2.86. The van der Waals surface area contributed by atoms with Crippen LogP contribution in [-0.2, 0) is 0 Å². The Morgan fingerprint density at radius 2 is 0.824 bits per heavy atom. The third kappa shape index (κ3) is 2.58. The maximum Gasteiger partial charge on any atom is 0.0554 e. The van der Waals surface area contributed by atoms with Gasteiger partial charge in [0.2, 0.25) is 0 Å². The molecule has 0 radical (unpaired) electrons. The standard InChI is InChI=1S/C15H36Si2/c1-10-16(11-2,12-3)17(13(4)5,14(6)7)15(8)9/h13-15H,10-12H2,1-9H3. The summed E-state index contributed by atoms with van der Waals surface area (Å²) < 4.78 is 0. The lowest BCUT2D eigenvalue weighted by atomic mass is 10.5. The Hall–Kier alpha value is 0.434. The van der Waals surface area contributed by atoms with Gasteiger partial charge in [-0.3, -0.25) is 0 Å². The summed E-state index contributed by atoms with van der Waals surface area (Å²) in [5.74, 6) is 0. The lowest BCUT2D eigenvalue weighted by Crippen LogP contribution is -2.67. The van der Waals surface area contributed by atoms with Crippen LogP contribution in [0.1, 0.15) is 62.3 Å². The molecule has 17 heavy (non-hydrogen) atoms. The molecule has 0 spiro atoms. The second-order valence-electron chi connectivity index (χ2n) is 6.74. The van der Waals surface area contributed by atoms with E-state index < -0.39 is 15.2 Å². The molecule has 0 fully saturated rings. The predicted molar refractivity (Wildman–Crippen MR) is 88.2 cm³/mol. The van der Waals surface area contributed by atoms with Crippen LogP contribution < -0.4 is 0 Å². The fourth-order valence-electron chi connectivity index (χ4n) is 5.51. The zero-order valence-electron chi connectivity index (χ0n) is 13.9. The van der Waals surface area contributed by atoms with Crippen LogP contribution in [0.4, 0.5) is 0 Å². The zero-order chi connectivity index (χ0) is 13.9. The fraction of sp³-hybridized carbons (Fsp3) is 1.00. The largest absolute Gasteiger partial charge is 0.0680 e. The average molecular weight is 273 g/mol. The van der Waals surface area contributed by atoms with Crippen molar-refractivity contribution in [1.82, 2.24) is 0 Å². The summed E-state index contributed by atoms with van der Waals surface area (Å²) in [5, 5.41) is 0. The molecule has 0 N–H and O–H groups in total. The second-order valence-corrected chi connectivity index (χ2v) is 22.5. The molecule has 0 heterocycles. The number of rotatable bonds is 7. The Labute approximate surface area is 112 Å². The summed E-state index contributed by atoms with van der Waals surface area (Å²) in [6, 6.07) is 4.54. The van der Waals surface area contributed by atoms with Gasteiger partial charge in [0.15, 0.2) is 0 Å². The van der Waals surface area contributed by atoms with E-state index in [1.54, 1.807) is 0 Å². The highest BCUT2D eigenvalue weighted by Crippen LogP contribution is 2.51. The summed E-state index contributed by atoms with van der Waals surface area (Å²) in [6.07, 6.45) is 0. The van der Waals surface area contributed by atoms with E-state index in [0.29, 0.717) is 0 Å². The molecule has 0 nitrogen and oxygen atoms in total. The molecule has 0 aliphatic heterocycles. The third-order valence-corrected chi connectivity index (χ3v) is 31.3. The molecule has 0 saturated heterocycles. The minimum absolute atomic E-state index is 0.953.